The summed E-state index contributed by atoms with van der Waals surface area (Å²) in [5.74, 6) is -0.0442. The fraction of sp³-hybridized carbons (Fsp3) is 0.235. The van der Waals surface area contributed by atoms with Gasteiger partial charge in [0.2, 0.25) is 0 Å². The average molecular weight is 302 g/mol. The molecule has 0 saturated heterocycles. The minimum atomic E-state index is -3.20. The van der Waals surface area contributed by atoms with Gasteiger partial charge in [0.15, 0.2) is 9.84 Å². The second kappa shape index (κ2) is 6.22. The fourth-order valence-corrected chi connectivity index (χ4v) is 3.09. The molecule has 3 nitrogen and oxygen atoms in total. The van der Waals surface area contributed by atoms with E-state index in [2.05, 4.69) is 0 Å². The van der Waals surface area contributed by atoms with E-state index in [4.69, 9.17) is 0 Å². The summed E-state index contributed by atoms with van der Waals surface area (Å²) in [6.45, 7) is 2.01. The molecule has 0 aromatic heterocycles. The number of rotatable bonds is 5. The summed E-state index contributed by atoms with van der Waals surface area (Å²) in [5, 5.41) is 0. The summed E-state index contributed by atoms with van der Waals surface area (Å²) in [6.07, 6.45) is 2.47. The lowest BCUT2D eigenvalue weighted by atomic mass is 9.86. The third-order valence-corrected chi connectivity index (χ3v) is 4.73. The zero-order valence-corrected chi connectivity index (χ0v) is 12.9. The zero-order valence-electron chi connectivity index (χ0n) is 12.1. The minimum Gasteiger partial charge on any atom is -0.303 e. The van der Waals surface area contributed by atoms with Crippen molar-refractivity contribution >= 4 is 16.1 Å². The van der Waals surface area contributed by atoms with E-state index in [-0.39, 0.29) is 5.92 Å². The van der Waals surface area contributed by atoms with Crippen LogP contribution in [-0.4, -0.2) is 21.0 Å². The van der Waals surface area contributed by atoms with Crippen molar-refractivity contribution in [2.24, 2.45) is 0 Å². The van der Waals surface area contributed by atoms with Crippen molar-refractivity contribution in [3.05, 3.63) is 65.2 Å². The molecule has 1 atom stereocenters. The summed E-state index contributed by atoms with van der Waals surface area (Å²) in [4.78, 5) is 11.3. The van der Waals surface area contributed by atoms with Gasteiger partial charge in [0, 0.05) is 18.6 Å². The van der Waals surface area contributed by atoms with Crippen molar-refractivity contribution < 1.29 is 13.2 Å². The summed E-state index contributed by atoms with van der Waals surface area (Å²) in [6, 6.07) is 14.7. The molecule has 2 aromatic carbocycles. The number of aldehydes is 1. The Balaban J connectivity index is 2.44. The largest absolute Gasteiger partial charge is 0.303 e. The van der Waals surface area contributed by atoms with E-state index in [1.165, 1.54) is 6.26 Å². The van der Waals surface area contributed by atoms with Crippen LogP contribution in [0, 0.1) is 6.92 Å². The third kappa shape index (κ3) is 3.58. The zero-order chi connectivity index (χ0) is 15.5. The van der Waals surface area contributed by atoms with Gasteiger partial charge in [-0.25, -0.2) is 8.42 Å². The molecule has 21 heavy (non-hydrogen) atoms. The Bertz CT molecular complexity index is 731. The third-order valence-electron chi connectivity index (χ3n) is 3.61. The maximum Gasteiger partial charge on any atom is 0.175 e. The fourth-order valence-electron chi connectivity index (χ4n) is 2.46. The lowest BCUT2D eigenvalue weighted by Crippen LogP contribution is -2.05. The van der Waals surface area contributed by atoms with Crippen molar-refractivity contribution in [3.8, 4) is 0 Å². The number of carbonyl (C=O) groups excluding carboxylic acids is 1. The Kier molecular flexibility index (Phi) is 4.58. The highest BCUT2D eigenvalue weighted by atomic mass is 32.2. The number of aryl methyl sites for hydroxylation is 1. The molecule has 0 amide bonds. The van der Waals surface area contributed by atoms with Crippen molar-refractivity contribution in [1.29, 1.82) is 0 Å². The number of sulfone groups is 1. The average Bonchev–Trinajstić information content (AvgIpc) is 2.45. The normalized spacial score (nSPS) is 12.9. The van der Waals surface area contributed by atoms with Gasteiger partial charge >= 0.3 is 0 Å². The molecular formula is C17H18O3S. The number of hydrogen-bond acceptors (Lipinski definition) is 3. The van der Waals surface area contributed by atoms with Gasteiger partial charge in [-0.2, -0.15) is 0 Å². The van der Waals surface area contributed by atoms with E-state index in [1.54, 1.807) is 24.3 Å². The summed E-state index contributed by atoms with van der Waals surface area (Å²) < 4.78 is 23.0. The summed E-state index contributed by atoms with van der Waals surface area (Å²) in [5.41, 5.74) is 3.16. The quantitative estimate of drug-likeness (QED) is 0.797. The Morgan fingerprint density at radius 2 is 1.67 bits per heavy atom. The molecule has 0 saturated carbocycles. The van der Waals surface area contributed by atoms with Crippen LogP contribution in [0.5, 0.6) is 0 Å². The van der Waals surface area contributed by atoms with Crippen LogP contribution in [0.2, 0.25) is 0 Å². The van der Waals surface area contributed by atoms with E-state index >= 15 is 0 Å². The second-order valence-corrected chi connectivity index (χ2v) is 7.17. The number of carbonyl (C=O) groups is 1. The molecule has 0 radical (unpaired) electrons. The van der Waals surface area contributed by atoms with Crippen LogP contribution in [0.3, 0.4) is 0 Å². The van der Waals surface area contributed by atoms with Crippen molar-refractivity contribution in [3.63, 3.8) is 0 Å². The lowest BCUT2D eigenvalue weighted by molar-refractivity contribution is -0.108. The van der Waals surface area contributed by atoms with Crippen LogP contribution >= 0.6 is 0 Å². The number of hydrogen-bond donors (Lipinski definition) is 0. The van der Waals surface area contributed by atoms with E-state index in [0.29, 0.717) is 11.3 Å². The van der Waals surface area contributed by atoms with Crippen LogP contribution in [-0.2, 0) is 14.6 Å². The molecule has 110 valence electrons. The first-order valence-electron chi connectivity index (χ1n) is 6.72. The first-order chi connectivity index (χ1) is 9.93. The molecule has 0 fully saturated rings. The minimum absolute atomic E-state index is 0.0442. The maximum atomic E-state index is 11.5. The molecule has 0 spiro atoms. The molecule has 1 unspecified atom stereocenters. The molecular weight excluding hydrogens is 284 g/mol. The van der Waals surface area contributed by atoms with Gasteiger partial charge in [-0.05, 0) is 35.7 Å². The standard InChI is InChI=1S/C17H18O3S/c1-13-5-3-4-6-16(13)17(11-12-18)14-7-9-15(10-8-14)21(2,19)20/h3-10,12,17H,11H2,1-2H3. The molecule has 0 heterocycles. The van der Waals surface area contributed by atoms with Crippen LogP contribution < -0.4 is 0 Å². The Hall–Kier alpha value is -1.94. The van der Waals surface area contributed by atoms with E-state index in [1.807, 2.05) is 31.2 Å². The molecule has 0 aliphatic heterocycles. The van der Waals surface area contributed by atoms with E-state index in [9.17, 15) is 13.2 Å². The highest BCUT2D eigenvalue weighted by Gasteiger charge is 2.16. The molecule has 0 aliphatic rings. The summed E-state index contributed by atoms with van der Waals surface area (Å²) in [7, 11) is -3.20. The lowest BCUT2D eigenvalue weighted by Gasteiger charge is -2.18. The second-order valence-electron chi connectivity index (χ2n) is 5.15. The van der Waals surface area contributed by atoms with Crippen LogP contribution in [0.1, 0.15) is 29.0 Å². The molecule has 4 heteroatoms. The van der Waals surface area contributed by atoms with E-state index < -0.39 is 9.84 Å². The van der Waals surface area contributed by atoms with Gasteiger partial charge in [-0.3, -0.25) is 0 Å². The van der Waals surface area contributed by atoms with Gasteiger partial charge in [0.05, 0.1) is 4.90 Å². The predicted octanol–water partition coefficient (Wildman–Crippen LogP) is 3.12. The van der Waals surface area contributed by atoms with Gasteiger partial charge in [0.1, 0.15) is 6.29 Å². The van der Waals surface area contributed by atoms with Crippen molar-refractivity contribution in [1.82, 2.24) is 0 Å². The molecule has 2 aromatic rings. The SMILES string of the molecule is Cc1ccccc1C(CC=O)c1ccc(S(C)(=O)=O)cc1. The van der Waals surface area contributed by atoms with Crippen molar-refractivity contribution in [2.45, 2.75) is 24.2 Å². The Labute approximate surface area is 125 Å². The first kappa shape index (κ1) is 15.4. The predicted molar refractivity (Wildman–Crippen MR) is 83.3 cm³/mol. The molecule has 0 aliphatic carbocycles. The highest BCUT2D eigenvalue weighted by Crippen LogP contribution is 2.30. The van der Waals surface area contributed by atoms with Gasteiger partial charge < -0.3 is 4.79 Å². The van der Waals surface area contributed by atoms with Gasteiger partial charge in [-0.1, -0.05) is 36.4 Å². The molecule has 0 N–H and O–H groups in total. The Morgan fingerprint density at radius 1 is 1.05 bits per heavy atom. The summed E-state index contributed by atoms with van der Waals surface area (Å²) >= 11 is 0. The smallest absolute Gasteiger partial charge is 0.175 e. The molecule has 0 bridgehead atoms. The van der Waals surface area contributed by atoms with Crippen LogP contribution in [0.4, 0.5) is 0 Å². The monoisotopic (exact) mass is 302 g/mol. The highest BCUT2D eigenvalue weighted by molar-refractivity contribution is 7.90. The number of benzene rings is 2. The van der Waals surface area contributed by atoms with Crippen LogP contribution in [0.25, 0.3) is 0 Å². The van der Waals surface area contributed by atoms with Crippen molar-refractivity contribution in [2.75, 3.05) is 6.26 Å². The van der Waals surface area contributed by atoms with E-state index in [0.717, 1.165) is 23.0 Å². The topological polar surface area (TPSA) is 51.2 Å². The van der Waals surface area contributed by atoms with Gasteiger partial charge in [-0.15, -0.1) is 0 Å². The molecule has 2 rings (SSSR count). The Morgan fingerprint density at radius 3 is 2.19 bits per heavy atom. The van der Waals surface area contributed by atoms with Gasteiger partial charge in [0.25, 0.3) is 0 Å². The first-order valence-corrected chi connectivity index (χ1v) is 8.62. The van der Waals surface area contributed by atoms with Crippen LogP contribution in [0.15, 0.2) is 53.4 Å². The maximum absolute atomic E-state index is 11.5.